The predicted octanol–water partition coefficient (Wildman–Crippen LogP) is -5.55. The maximum Gasteiger partial charge on any atom is 0.327 e. The number of anilines is 5. The maximum absolute atomic E-state index is 13.9. The number of fused-ring (bicyclic) bond motifs is 1. The molecule has 3 aromatic heterocycles. The Hall–Kier alpha value is -11.3. The number of esters is 2. The van der Waals surface area contributed by atoms with E-state index in [0.29, 0.717) is 39.4 Å². The molecule has 632 valence electrons. The molecule has 0 saturated carbocycles. The van der Waals surface area contributed by atoms with Crippen molar-refractivity contribution >= 4 is 166 Å². The molecular weight excluding hydrogens is 1610 g/mol. The third-order valence-corrected chi connectivity index (χ3v) is 20.5. The van der Waals surface area contributed by atoms with E-state index in [1.54, 1.807) is 48.5 Å². The number of hydrogen-bond donors (Lipinski definition) is 24. The number of aliphatic hydroxyl groups excluding tert-OH is 5. The Bertz CT molecular complexity index is 4190. The molecule has 3 heterocycles. The van der Waals surface area contributed by atoms with Gasteiger partial charge in [0.25, 0.3) is 11.8 Å². The summed E-state index contributed by atoms with van der Waals surface area (Å²) in [6, 6.07) is 6.65. The zero-order valence-electron chi connectivity index (χ0n) is 62.1. The van der Waals surface area contributed by atoms with Crippen LogP contribution >= 0.6 is 43.2 Å². The quantitative estimate of drug-likeness (QED) is 0.00567. The molecule has 49 heteroatoms. The summed E-state index contributed by atoms with van der Waals surface area (Å²) in [6.45, 7) is -3.62. The van der Waals surface area contributed by atoms with Crippen molar-refractivity contribution in [1.82, 2.24) is 77.8 Å². The van der Waals surface area contributed by atoms with E-state index in [9.17, 15) is 93.0 Å². The minimum Gasteiger partial charge on any atom is -0.481 e. The number of aromatic nitrogens is 6. The Morgan fingerprint density at radius 3 is 1.53 bits per heavy atom. The molecule has 45 nitrogen and oxygen atoms in total. The average molecular weight is 1700 g/mol. The zero-order chi connectivity index (χ0) is 85.2. The summed E-state index contributed by atoms with van der Waals surface area (Å²) in [5, 5.41) is 104. The number of carboxylic acids is 2. The van der Waals surface area contributed by atoms with Gasteiger partial charge in [-0.05, 0) is 74.2 Å². The number of nitrogens with zero attached hydrogens (tertiary/aromatic N) is 6. The van der Waals surface area contributed by atoms with Crippen molar-refractivity contribution in [1.29, 1.82) is 5.41 Å². The van der Waals surface area contributed by atoms with E-state index in [1.807, 2.05) is 0 Å². The fourth-order valence-corrected chi connectivity index (χ4v) is 13.6. The van der Waals surface area contributed by atoms with Crippen LogP contribution in [0.1, 0.15) is 89.2 Å². The van der Waals surface area contributed by atoms with Gasteiger partial charge < -0.3 is 132 Å². The van der Waals surface area contributed by atoms with Crippen LogP contribution in [-0.4, -0.2) is 279 Å². The second kappa shape index (κ2) is 50.8. The van der Waals surface area contributed by atoms with Crippen LogP contribution in [0.4, 0.5) is 29.0 Å². The lowest BCUT2D eigenvalue weighted by Crippen LogP contribution is -2.56. The Morgan fingerprint density at radius 1 is 0.517 bits per heavy atom. The van der Waals surface area contributed by atoms with Gasteiger partial charge in [-0.3, -0.25) is 62.9 Å². The van der Waals surface area contributed by atoms with Crippen LogP contribution in [0.2, 0.25) is 0 Å². The fourth-order valence-electron chi connectivity index (χ4n) is 9.62. The van der Waals surface area contributed by atoms with Crippen molar-refractivity contribution in [3.05, 3.63) is 89.1 Å². The molecular formula is C67H93N23O22S4. The van der Waals surface area contributed by atoms with Gasteiger partial charge in [-0.15, -0.1) is 0 Å². The van der Waals surface area contributed by atoms with Crippen LogP contribution < -0.4 is 87.2 Å². The molecule has 8 atom stereocenters. The Labute approximate surface area is 677 Å². The minimum atomic E-state index is -2.07. The molecule has 0 aliphatic carbocycles. The van der Waals surface area contributed by atoms with Gasteiger partial charge in [0.2, 0.25) is 47.3 Å². The normalized spacial score (nSPS) is 13.1. The summed E-state index contributed by atoms with van der Waals surface area (Å²) in [5.74, 6) is -12.5. The standard InChI is InChI=1S/C67H93N23O22S4/c68-23-47(95)85-40(14-16-50(98)99)63(106)81-30-49(97)87-42(32-115-113-21-19-111-51(100)3-1-17-75-62(105)35-7-11-37(12-8-35)77-25-39-27-80-60-54(84-39)59(72)89-67(73)90-60)64(107)82-29-48(96)86-41(13-15-46(94)78-28-44(92)55(102)56(103)45(93)31-91)65(108)88-43(66(109)110)33-116-114-22-20-112-52(101)4-2-18-74-61(104)34-5-9-36(10-6-34)76-24-38-26-79-58(71)53(83-38)57(69)70/h5-12,26-27,40-45,55-56,76-77,91-93,102-103H,1-4,13-25,28-33,68H2,(H3,69,70)(H2,71,79)(H,74,104)(H,75,105)(H,78,94)(H,81,106)(H,82,107)(H,85,95)(H,86,96)(H,87,97)(H,88,108)(H,98,99)(H,109,110)(H4,72,73,80,89,90). The Morgan fingerprint density at radius 2 is 1.01 bits per heavy atom. The maximum atomic E-state index is 13.9. The fraction of sp³-hybridized carbons (Fsp3) is 0.463. The molecule has 0 bridgehead atoms. The lowest BCUT2D eigenvalue weighted by atomic mass is 10.0. The number of carbonyl (C=O) groups is 13. The number of carboxylic acid groups (broad SMARTS) is 2. The van der Waals surface area contributed by atoms with Crippen molar-refractivity contribution in [2.45, 2.75) is 113 Å². The first-order valence-corrected chi connectivity index (χ1v) is 40.4. The molecule has 29 N–H and O–H groups in total. The topological polar surface area (TPSA) is 746 Å². The molecule has 8 unspecified atom stereocenters. The second-order valence-electron chi connectivity index (χ2n) is 24.7. The van der Waals surface area contributed by atoms with E-state index in [1.165, 1.54) is 12.4 Å². The molecule has 0 saturated heterocycles. The van der Waals surface area contributed by atoms with Gasteiger partial charge >= 0.3 is 23.9 Å². The van der Waals surface area contributed by atoms with Gasteiger partial charge in [-0.1, -0.05) is 43.2 Å². The number of aliphatic carboxylic acids is 2. The number of amidine groups is 1. The van der Waals surface area contributed by atoms with Crippen molar-refractivity contribution < 1.29 is 108 Å². The van der Waals surface area contributed by atoms with Crippen LogP contribution in [0.15, 0.2) is 60.9 Å². The number of benzene rings is 2. The molecule has 0 aliphatic rings. The highest BCUT2D eigenvalue weighted by molar-refractivity contribution is 8.77. The Kier molecular flexibility index (Phi) is 41.7. The molecule has 116 heavy (non-hydrogen) atoms. The smallest absolute Gasteiger partial charge is 0.327 e. The number of nitrogens with two attached hydrogens (primary N) is 5. The van der Waals surface area contributed by atoms with Crippen LogP contribution in [0.3, 0.4) is 0 Å². The lowest BCUT2D eigenvalue weighted by molar-refractivity contribution is -0.144. The molecule has 9 amide bonds. The number of nitrogens with one attached hydrogen (secondary N) is 12. The first-order valence-electron chi connectivity index (χ1n) is 35.4. The number of ether oxygens (including phenoxy) is 2. The highest BCUT2D eigenvalue weighted by Gasteiger charge is 2.33. The Balaban J connectivity index is 1.11. The summed E-state index contributed by atoms with van der Waals surface area (Å²) < 4.78 is 10.6. The molecule has 5 rings (SSSR count). The largest absolute Gasteiger partial charge is 0.481 e. The van der Waals surface area contributed by atoms with Gasteiger partial charge in [0.1, 0.15) is 67.2 Å². The molecule has 0 fully saturated rings. The summed E-state index contributed by atoms with van der Waals surface area (Å²) in [5.41, 5.74) is 31.7. The van der Waals surface area contributed by atoms with Crippen LogP contribution in [0.5, 0.6) is 0 Å². The SMILES string of the molecule is N=C(N)c1nc(CNc2ccc(C(=O)NCCCC(=O)OCCSSCC(NC(=O)C(CCC(=O)NCC(O)C(O)C(O)C(O)CO)NC(=O)CNC(=O)C(CSSCCOC(=O)CCCNC(=O)c3ccc(NCc4cnc5nc(N)nc(N)c5n4)cc3)NC(=O)CNC(=O)C(CCC(=O)O)NC(=O)CN)C(=O)O)cc2)cnc1N. The predicted molar refractivity (Wildman–Crippen MR) is 424 cm³/mol. The molecule has 0 aliphatic heterocycles. The number of aliphatic hydroxyl groups is 5. The third-order valence-electron chi connectivity index (χ3n) is 15.8. The first-order chi connectivity index (χ1) is 55.3. The molecule has 0 radical (unpaired) electrons. The number of rotatable bonds is 54. The monoisotopic (exact) mass is 1700 g/mol. The molecule has 0 spiro atoms. The van der Waals surface area contributed by atoms with Crippen molar-refractivity contribution in [2.75, 3.05) is 110 Å². The van der Waals surface area contributed by atoms with E-state index in [-0.39, 0.29) is 123 Å². The van der Waals surface area contributed by atoms with Gasteiger partial charge in [0, 0.05) is 90.8 Å². The van der Waals surface area contributed by atoms with E-state index in [2.05, 4.69) is 88.4 Å². The number of nitrogen functional groups attached to an aromatic ring is 4. The van der Waals surface area contributed by atoms with E-state index in [0.717, 1.165) is 43.2 Å². The molecule has 5 aromatic rings. The summed E-state index contributed by atoms with van der Waals surface area (Å²) in [7, 11) is 4.08. The lowest BCUT2D eigenvalue weighted by Gasteiger charge is -2.26. The highest BCUT2D eigenvalue weighted by Crippen LogP contribution is 2.24. The van der Waals surface area contributed by atoms with Crippen LogP contribution in [0.25, 0.3) is 11.2 Å². The van der Waals surface area contributed by atoms with Crippen LogP contribution in [0, 0.1) is 5.41 Å². The van der Waals surface area contributed by atoms with Gasteiger partial charge in [0.05, 0.1) is 69.2 Å². The third kappa shape index (κ3) is 35.2. The van der Waals surface area contributed by atoms with E-state index >= 15 is 0 Å². The average Bonchev–Trinajstić information content (AvgIpc) is 0.811. The van der Waals surface area contributed by atoms with Crippen molar-refractivity contribution in [3.63, 3.8) is 0 Å². The van der Waals surface area contributed by atoms with Crippen molar-refractivity contribution in [3.8, 4) is 0 Å². The second-order valence-corrected chi connectivity index (χ2v) is 30.0. The number of hydrogen-bond acceptors (Lipinski definition) is 37. The number of carbonyl (C=O) groups excluding carboxylic acids is 11. The van der Waals surface area contributed by atoms with E-state index < -0.39 is 184 Å². The van der Waals surface area contributed by atoms with Gasteiger partial charge in [-0.2, -0.15) is 9.97 Å². The van der Waals surface area contributed by atoms with Gasteiger partial charge in [0.15, 0.2) is 22.8 Å². The van der Waals surface area contributed by atoms with E-state index in [4.69, 9.17) is 48.7 Å². The summed E-state index contributed by atoms with van der Waals surface area (Å²) >= 11 is 0. The van der Waals surface area contributed by atoms with Crippen molar-refractivity contribution in [2.24, 2.45) is 11.5 Å². The minimum absolute atomic E-state index is 0.0206. The summed E-state index contributed by atoms with van der Waals surface area (Å²) in [6.07, 6.45) is -6.88. The summed E-state index contributed by atoms with van der Waals surface area (Å²) in [4.78, 5) is 192. The van der Waals surface area contributed by atoms with Crippen LogP contribution in [-0.2, 0) is 75.3 Å². The highest BCUT2D eigenvalue weighted by atomic mass is 33.1. The van der Waals surface area contributed by atoms with Gasteiger partial charge in [-0.25, -0.2) is 24.7 Å². The zero-order valence-corrected chi connectivity index (χ0v) is 65.4. The molecule has 2 aromatic carbocycles. The first kappa shape index (κ1) is 95.3. The number of amides is 9.